The average Bonchev–Trinajstić information content (AvgIpc) is 2.39. The van der Waals surface area contributed by atoms with E-state index in [0.717, 1.165) is 11.3 Å². The summed E-state index contributed by atoms with van der Waals surface area (Å²) in [5.74, 6) is -0.0548. The van der Waals surface area contributed by atoms with Gasteiger partial charge in [0.1, 0.15) is 12.2 Å². The predicted octanol–water partition coefficient (Wildman–Crippen LogP) is 0.917. The number of carbonyl (C=O) groups is 2. The van der Waals surface area contributed by atoms with Gasteiger partial charge in [0, 0.05) is 6.54 Å². The number of nitrogens with one attached hydrogen (secondary N) is 1. The number of rotatable bonds is 6. The van der Waals surface area contributed by atoms with Crippen LogP contribution in [0.15, 0.2) is 24.3 Å². The second kappa shape index (κ2) is 7.32. The first kappa shape index (κ1) is 14.0. The maximum absolute atomic E-state index is 11.3. The number of esters is 1. The summed E-state index contributed by atoms with van der Waals surface area (Å²) < 4.78 is 9.44. The van der Waals surface area contributed by atoms with Gasteiger partial charge in [-0.2, -0.15) is 0 Å². The van der Waals surface area contributed by atoms with Crippen molar-refractivity contribution in [2.24, 2.45) is 0 Å². The van der Waals surface area contributed by atoms with Crippen LogP contribution in [0.2, 0.25) is 0 Å². The molecule has 1 amide bonds. The Bertz CT molecular complexity index is 400. The summed E-state index contributed by atoms with van der Waals surface area (Å²) in [6.45, 7) is 0.488. The summed E-state index contributed by atoms with van der Waals surface area (Å²) in [5, 5.41) is 2.65. The van der Waals surface area contributed by atoms with Crippen molar-refractivity contribution in [3.63, 3.8) is 0 Å². The van der Waals surface area contributed by atoms with Crippen molar-refractivity contribution in [1.29, 1.82) is 0 Å². The Labute approximate surface area is 106 Å². The summed E-state index contributed by atoms with van der Waals surface area (Å²) in [5.41, 5.74) is 1.09. The fourth-order valence-electron chi connectivity index (χ4n) is 1.40. The van der Waals surface area contributed by atoms with Crippen molar-refractivity contribution >= 4 is 11.9 Å². The zero-order chi connectivity index (χ0) is 13.4. The van der Waals surface area contributed by atoms with Crippen molar-refractivity contribution < 1.29 is 19.1 Å². The summed E-state index contributed by atoms with van der Waals surface area (Å²) in [6.07, 6.45) is 0.468. The molecule has 0 spiro atoms. The lowest BCUT2D eigenvalue weighted by Gasteiger charge is -2.05. The van der Waals surface area contributed by atoms with E-state index in [0.29, 0.717) is 13.0 Å². The van der Waals surface area contributed by atoms with Gasteiger partial charge in [-0.3, -0.25) is 9.59 Å². The van der Waals surface area contributed by atoms with Crippen LogP contribution in [0.1, 0.15) is 12.0 Å². The predicted molar refractivity (Wildman–Crippen MR) is 66.3 cm³/mol. The van der Waals surface area contributed by atoms with E-state index >= 15 is 0 Å². The number of hydrogen-bond donors (Lipinski definition) is 1. The smallest absolute Gasteiger partial charge is 0.315 e. The Hall–Kier alpha value is -2.04. The van der Waals surface area contributed by atoms with Gasteiger partial charge >= 0.3 is 5.97 Å². The first-order valence-corrected chi connectivity index (χ1v) is 5.62. The van der Waals surface area contributed by atoms with Crippen LogP contribution >= 0.6 is 0 Å². The molecule has 0 radical (unpaired) electrons. The average molecular weight is 251 g/mol. The second-order valence-electron chi connectivity index (χ2n) is 3.70. The molecule has 0 bridgehead atoms. The fourth-order valence-corrected chi connectivity index (χ4v) is 1.40. The minimum Gasteiger partial charge on any atom is -0.497 e. The van der Waals surface area contributed by atoms with Crippen LogP contribution in [0.3, 0.4) is 0 Å². The third kappa shape index (κ3) is 4.86. The van der Waals surface area contributed by atoms with Gasteiger partial charge in [-0.1, -0.05) is 12.1 Å². The topological polar surface area (TPSA) is 64.6 Å². The van der Waals surface area contributed by atoms with Crippen molar-refractivity contribution in [2.45, 2.75) is 12.8 Å². The molecule has 0 atom stereocenters. The third-order valence-electron chi connectivity index (χ3n) is 2.43. The van der Waals surface area contributed by atoms with Crippen LogP contribution in [0.5, 0.6) is 5.75 Å². The molecule has 0 saturated carbocycles. The summed E-state index contributed by atoms with van der Waals surface area (Å²) in [4.78, 5) is 22.1. The van der Waals surface area contributed by atoms with Gasteiger partial charge in [-0.25, -0.2) is 0 Å². The Kier molecular flexibility index (Phi) is 5.70. The molecule has 5 nitrogen and oxygen atoms in total. The van der Waals surface area contributed by atoms with Gasteiger partial charge in [-0.05, 0) is 24.1 Å². The van der Waals surface area contributed by atoms with Gasteiger partial charge in [0.15, 0.2) is 0 Å². The van der Waals surface area contributed by atoms with E-state index in [1.54, 1.807) is 7.11 Å². The number of hydrogen-bond acceptors (Lipinski definition) is 4. The molecular formula is C13H17NO4. The molecular weight excluding hydrogens is 234 g/mol. The highest BCUT2D eigenvalue weighted by Gasteiger charge is 2.08. The molecule has 0 fully saturated rings. The lowest BCUT2D eigenvalue weighted by molar-refractivity contribution is -0.143. The second-order valence-corrected chi connectivity index (χ2v) is 3.70. The van der Waals surface area contributed by atoms with E-state index in [1.165, 1.54) is 7.11 Å². The standard InChI is InChI=1S/C13H17NO4/c1-17-11-5-3-10(4-6-11)7-8-14-12(15)9-13(16)18-2/h3-6H,7-9H2,1-2H3,(H,14,15). The Morgan fingerprint density at radius 1 is 1.17 bits per heavy atom. The molecule has 0 saturated heterocycles. The van der Waals surface area contributed by atoms with Gasteiger partial charge in [0.2, 0.25) is 5.91 Å². The molecule has 1 aromatic rings. The first-order chi connectivity index (χ1) is 8.65. The van der Waals surface area contributed by atoms with E-state index in [1.807, 2.05) is 24.3 Å². The van der Waals surface area contributed by atoms with Crippen molar-refractivity contribution in [1.82, 2.24) is 5.32 Å². The van der Waals surface area contributed by atoms with Crippen LogP contribution in [0.4, 0.5) is 0 Å². The van der Waals surface area contributed by atoms with E-state index in [2.05, 4.69) is 10.1 Å². The molecule has 1 N–H and O–H groups in total. The maximum atomic E-state index is 11.3. The van der Waals surface area contributed by atoms with Crippen LogP contribution < -0.4 is 10.1 Å². The number of amides is 1. The molecule has 1 rings (SSSR count). The summed E-state index contributed by atoms with van der Waals surface area (Å²) >= 11 is 0. The zero-order valence-electron chi connectivity index (χ0n) is 10.6. The highest BCUT2D eigenvalue weighted by molar-refractivity contribution is 5.94. The largest absolute Gasteiger partial charge is 0.497 e. The van der Waals surface area contributed by atoms with E-state index < -0.39 is 5.97 Å². The molecule has 0 unspecified atom stereocenters. The molecule has 0 aromatic heterocycles. The molecule has 0 aliphatic carbocycles. The SMILES string of the molecule is COC(=O)CC(=O)NCCc1ccc(OC)cc1. The van der Waals surface area contributed by atoms with Crippen molar-refractivity contribution in [3.8, 4) is 5.75 Å². The molecule has 18 heavy (non-hydrogen) atoms. The minimum atomic E-state index is -0.531. The number of ether oxygens (including phenoxy) is 2. The van der Waals surface area contributed by atoms with Crippen LogP contribution in [-0.4, -0.2) is 32.6 Å². The number of benzene rings is 1. The highest BCUT2D eigenvalue weighted by atomic mass is 16.5. The Balaban J connectivity index is 2.28. The third-order valence-corrected chi connectivity index (χ3v) is 2.43. The molecule has 0 aliphatic heterocycles. The lowest BCUT2D eigenvalue weighted by Crippen LogP contribution is -2.28. The van der Waals surface area contributed by atoms with Gasteiger partial charge < -0.3 is 14.8 Å². The summed E-state index contributed by atoms with van der Waals surface area (Å²) in [7, 11) is 2.87. The number of methoxy groups -OCH3 is 2. The maximum Gasteiger partial charge on any atom is 0.315 e. The van der Waals surface area contributed by atoms with Crippen molar-refractivity contribution in [2.75, 3.05) is 20.8 Å². The first-order valence-electron chi connectivity index (χ1n) is 5.62. The van der Waals surface area contributed by atoms with Gasteiger partial charge in [-0.15, -0.1) is 0 Å². The Morgan fingerprint density at radius 2 is 1.83 bits per heavy atom. The quantitative estimate of drug-likeness (QED) is 0.603. The normalized spacial score (nSPS) is 9.67. The van der Waals surface area contributed by atoms with Crippen LogP contribution in [-0.2, 0) is 20.7 Å². The number of carbonyl (C=O) groups excluding carboxylic acids is 2. The van der Waals surface area contributed by atoms with E-state index in [-0.39, 0.29) is 12.3 Å². The van der Waals surface area contributed by atoms with E-state index in [4.69, 9.17) is 4.74 Å². The summed E-state index contributed by atoms with van der Waals surface area (Å²) in [6, 6.07) is 7.60. The molecule has 1 aromatic carbocycles. The molecule has 98 valence electrons. The van der Waals surface area contributed by atoms with Crippen molar-refractivity contribution in [3.05, 3.63) is 29.8 Å². The van der Waals surface area contributed by atoms with Crippen LogP contribution in [0.25, 0.3) is 0 Å². The van der Waals surface area contributed by atoms with Gasteiger partial charge in [0.05, 0.1) is 14.2 Å². The monoisotopic (exact) mass is 251 g/mol. The zero-order valence-corrected chi connectivity index (χ0v) is 10.6. The fraction of sp³-hybridized carbons (Fsp3) is 0.385. The van der Waals surface area contributed by atoms with E-state index in [9.17, 15) is 9.59 Å². The molecule has 5 heteroatoms. The minimum absolute atomic E-state index is 0.237. The lowest BCUT2D eigenvalue weighted by atomic mass is 10.1. The highest BCUT2D eigenvalue weighted by Crippen LogP contribution is 2.11. The van der Waals surface area contributed by atoms with Crippen LogP contribution in [0, 0.1) is 0 Å². The molecule has 0 aliphatic rings. The molecule has 0 heterocycles. The van der Waals surface area contributed by atoms with Gasteiger partial charge in [0.25, 0.3) is 0 Å². The Morgan fingerprint density at radius 3 is 2.39 bits per heavy atom.